The van der Waals surface area contributed by atoms with Crippen LogP contribution in [-0.2, 0) is 0 Å². The number of furan rings is 1. The van der Waals surface area contributed by atoms with Crippen molar-refractivity contribution in [1.82, 2.24) is 0 Å². The van der Waals surface area contributed by atoms with Crippen molar-refractivity contribution in [3.05, 3.63) is 106 Å². The summed E-state index contributed by atoms with van der Waals surface area (Å²) in [6, 6.07) is 24.1. The van der Waals surface area contributed by atoms with Gasteiger partial charge in [-0.1, -0.05) is 47.5 Å². The molecule has 2 N–H and O–H groups in total. The summed E-state index contributed by atoms with van der Waals surface area (Å²) in [6.07, 6.45) is 0. The molecule has 0 spiro atoms. The first-order valence-corrected chi connectivity index (χ1v) is 10.1. The monoisotopic (exact) mass is 450 g/mol. The summed E-state index contributed by atoms with van der Waals surface area (Å²) in [5, 5.41) is 6.33. The number of carbonyl (C=O) groups is 2. The maximum absolute atomic E-state index is 12.5. The maximum atomic E-state index is 12.5. The molecule has 31 heavy (non-hydrogen) atoms. The first-order valence-electron chi connectivity index (χ1n) is 9.33. The summed E-state index contributed by atoms with van der Waals surface area (Å²) < 4.78 is 5.65. The van der Waals surface area contributed by atoms with Gasteiger partial charge in [0.15, 0.2) is 5.76 Å². The molecule has 4 aromatic rings. The summed E-state index contributed by atoms with van der Waals surface area (Å²) in [5.41, 5.74) is 2.34. The SMILES string of the molecule is O=C(Nc1ccc(NC(=O)c2ccc(-c3cccc(Cl)c3Cl)o2)cc1)c1ccccc1. The highest BCUT2D eigenvalue weighted by molar-refractivity contribution is 6.43. The first-order chi connectivity index (χ1) is 15.0. The Labute approximate surface area is 188 Å². The Bertz CT molecular complexity index is 1240. The van der Waals surface area contributed by atoms with Crippen LogP contribution in [0.3, 0.4) is 0 Å². The van der Waals surface area contributed by atoms with Crippen molar-refractivity contribution >= 4 is 46.4 Å². The molecule has 0 saturated heterocycles. The van der Waals surface area contributed by atoms with Gasteiger partial charge in [0.05, 0.1) is 10.0 Å². The summed E-state index contributed by atoms with van der Waals surface area (Å²) in [6.45, 7) is 0. The van der Waals surface area contributed by atoms with Crippen molar-refractivity contribution < 1.29 is 14.0 Å². The summed E-state index contributed by atoms with van der Waals surface area (Å²) in [5.74, 6) is -0.0465. The number of rotatable bonds is 5. The normalized spacial score (nSPS) is 10.5. The third kappa shape index (κ3) is 4.79. The molecule has 0 aliphatic rings. The lowest BCUT2D eigenvalue weighted by Crippen LogP contribution is -2.12. The fraction of sp³-hybridized carbons (Fsp3) is 0. The van der Waals surface area contributed by atoms with E-state index in [1.54, 1.807) is 78.9 Å². The van der Waals surface area contributed by atoms with E-state index in [2.05, 4.69) is 10.6 Å². The number of anilines is 2. The molecule has 4 rings (SSSR count). The highest BCUT2D eigenvalue weighted by atomic mass is 35.5. The Morgan fingerprint density at radius 2 is 1.32 bits per heavy atom. The largest absolute Gasteiger partial charge is 0.451 e. The van der Waals surface area contributed by atoms with E-state index in [9.17, 15) is 9.59 Å². The van der Waals surface area contributed by atoms with Gasteiger partial charge in [0, 0.05) is 22.5 Å². The molecular weight excluding hydrogens is 435 g/mol. The zero-order chi connectivity index (χ0) is 21.8. The lowest BCUT2D eigenvalue weighted by molar-refractivity contribution is 0.0995. The van der Waals surface area contributed by atoms with E-state index >= 15 is 0 Å². The number of hydrogen-bond donors (Lipinski definition) is 2. The number of hydrogen-bond acceptors (Lipinski definition) is 3. The molecule has 0 aliphatic carbocycles. The molecule has 0 bridgehead atoms. The lowest BCUT2D eigenvalue weighted by Gasteiger charge is -2.07. The van der Waals surface area contributed by atoms with E-state index in [1.807, 2.05) is 6.07 Å². The van der Waals surface area contributed by atoms with Crippen LogP contribution in [0.25, 0.3) is 11.3 Å². The van der Waals surface area contributed by atoms with Crippen molar-refractivity contribution in [1.29, 1.82) is 0 Å². The van der Waals surface area contributed by atoms with E-state index in [-0.39, 0.29) is 11.7 Å². The quantitative estimate of drug-likeness (QED) is 0.352. The summed E-state index contributed by atoms with van der Waals surface area (Å²) in [7, 11) is 0. The minimum atomic E-state index is -0.412. The smallest absolute Gasteiger partial charge is 0.291 e. The summed E-state index contributed by atoms with van der Waals surface area (Å²) in [4.78, 5) is 24.7. The molecule has 7 heteroatoms. The lowest BCUT2D eigenvalue weighted by atomic mass is 10.2. The minimum Gasteiger partial charge on any atom is -0.451 e. The van der Waals surface area contributed by atoms with Crippen molar-refractivity contribution in [2.24, 2.45) is 0 Å². The van der Waals surface area contributed by atoms with E-state index < -0.39 is 5.91 Å². The molecule has 0 unspecified atom stereocenters. The van der Waals surface area contributed by atoms with Crippen LogP contribution in [0.4, 0.5) is 11.4 Å². The van der Waals surface area contributed by atoms with E-state index in [0.29, 0.717) is 38.3 Å². The van der Waals surface area contributed by atoms with Gasteiger partial charge in [-0.05, 0) is 60.7 Å². The number of amides is 2. The maximum Gasteiger partial charge on any atom is 0.291 e. The van der Waals surface area contributed by atoms with Crippen LogP contribution >= 0.6 is 23.2 Å². The number of halogens is 2. The second kappa shape index (κ2) is 9.08. The molecule has 0 radical (unpaired) electrons. The second-order valence-corrected chi connectivity index (χ2v) is 7.40. The van der Waals surface area contributed by atoms with Crippen LogP contribution in [-0.4, -0.2) is 11.8 Å². The molecular formula is C24H16Cl2N2O3. The molecule has 0 saturated carbocycles. The first kappa shape index (κ1) is 20.7. The van der Waals surface area contributed by atoms with Crippen LogP contribution in [0, 0.1) is 0 Å². The van der Waals surface area contributed by atoms with Crippen LogP contribution in [0.5, 0.6) is 0 Å². The highest BCUT2D eigenvalue weighted by Crippen LogP contribution is 2.34. The Balaban J connectivity index is 1.42. The van der Waals surface area contributed by atoms with E-state index in [4.69, 9.17) is 27.6 Å². The Morgan fingerprint density at radius 1 is 0.677 bits per heavy atom. The average molecular weight is 451 g/mol. The molecule has 1 aromatic heterocycles. The molecule has 1 heterocycles. The Kier molecular flexibility index (Phi) is 6.07. The van der Waals surface area contributed by atoms with Crippen molar-refractivity contribution in [3.8, 4) is 11.3 Å². The van der Waals surface area contributed by atoms with Gasteiger partial charge in [-0.2, -0.15) is 0 Å². The molecule has 5 nitrogen and oxygen atoms in total. The number of nitrogens with one attached hydrogen (secondary N) is 2. The van der Waals surface area contributed by atoms with E-state index in [1.165, 1.54) is 0 Å². The summed E-state index contributed by atoms with van der Waals surface area (Å²) >= 11 is 12.3. The Hall–Kier alpha value is -3.54. The van der Waals surface area contributed by atoms with Gasteiger partial charge in [0.25, 0.3) is 11.8 Å². The van der Waals surface area contributed by atoms with Crippen LogP contribution in [0.15, 0.2) is 89.3 Å². The van der Waals surface area contributed by atoms with Crippen molar-refractivity contribution in [2.45, 2.75) is 0 Å². The zero-order valence-corrected chi connectivity index (χ0v) is 17.6. The van der Waals surface area contributed by atoms with E-state index in [0.717, 1.165) is 0 Å². The standard InChI is InChI=1S/C24H16Cl2N2O3/c25-19-8-4-7-18(22(19)26)20-13-14-21(31-20)24(30)28-17-11-9-16(10-12-17)27-23(29)15-5-2-1-3-6-15/h1-14H,(H,27,29)(H,28,30). The van der Waals surface area contributed by atoms with Crippen molar-refractivity contribution in [3.63, 3.8) is 0 Å². The van der Waals surface area contributed by atoms with Gasteiger partial charge in [0.1, 0.15) is 5.76 Å². The predicted molar refractivity (Wildman–Crippen MR) is 123 cm³/mol. The molecule has 154 valence electrons. The fourth-order valence-electron chi connectivity index (χ4n) is 2.92. The molecule has 3 aromatic carbocycles. The van der Waals surface area contributed by atoms with Gasteiger partial charge >= 0.3 is 0 Å². The van der Waals surface area contributed by atoms with Crippen molar-refractivity contribution in [2.75, 3.05) is 10.6 Å². The van der Waals surface area contributed by atoms with Gasteiger partial charge < -0.3 is 15.1 Å². The number of carbonyl (C=O) groups excluding carboxylic acids is 2. The van der Waals surface area contributed by atoms with Gasteiger partial charge in [-0.15, -0.1) is 0 Å². The van der Waals surface area contributed by atoms with Crippen LogP contribution in [0.2, 0.25) is 10.0 Å². The van der Waals surface area contributed by atoms with Crippen LogP contribution < -0.4 is 10.6 Å². The predicted octanol–water partition coefficient (Wildman–Crippen LogP) is 6.76. The average Bonchev–Trinajstić information content (AvgIpc) is 3.28. The molecule has 0 fully saturated rings. The molecule has 0 aliphatic heterocycles. The number of benzene rings is 3. The molecule has 2 amide bonds. The highest BCUT2D eigenvalue weighted by Gasteiger charge is 2.15. The topological polar surface area (TPSA) is 71.3 Å². The van der Waals surface area contributed by atoms with Crippen LogP contribution in [0.1, 0.15) is 20.9 Å². The Morgan fingerprint density at radius 3 is 2.00 bits per heavy atom. The van der Waals surface area contributed by atoms with Gasteiger partial charge in [-0.3, -0.25) is 9.59 Å². The second-order valence-electron chi connectivity index (χ2n) is 6.62. The third-order valence-electron chi connectivity index (χ3n) is 4.48. The minimum absolute atomic E-state index is 0.132. The van der Waals surface area contributed by atoms with Gasteiger partial charge in [0.2, 0.25) is 0 Å². The fourth-order valence-corrected chi connectivity index (χ4v) is 3.31. The van der Waals surface area contributed by atoms with Gasteiger partial charge in [-0.25, -0.2) is 0 Å². The zero-order valence-electron chi connectivity index (χ0n) is 16.1. The molecule has 0 atom stereocenters. The third-order valence-corrected chi connectivity index (χ3v) is 5.30.